The van der Waals surface area contributed by atoms with Crippen LogP contribution in [0.2, 0.25) is 0 Å². The van der Waals surface area contributed by atoms with Gasteiger partial charge in [-0.2, -0.15) is 0 Å². The lowest BCUT2D eigenvalue weighted by molar-refractivity contribution is -0.887. The van der Waals surface area contributed by atoms with Crippen LogP contribution in [0.25, 0.3) is 0 Å². The molecule has 0 spiro atoms. The third-order valence-electron chi connectivity index (χ3n) is 11.2. The number of hydrogen-bond donors (Lipinski definition) is 2. The van der Waals surface area contributed by atoms with Crippen LogP contribution in [-0.2, 0) is 9.59 Å². The van der Waals surface area contributed by atoms with Crippen LogP contribution in [0.3, 0.4) is 0 Å². The predicted octanol–water partition coefficient (Wildman–Crippen LogP) is 6.79. The molecule has 0 aromatic carbocycles. The molecule has 8 heteroatoms. The molecule has 0 bridgehead atoms. The predicted molar refractivity (Wildman–Crippen MR) is 247 cm³/mol. The van der Waals surface area contributed by atoms with E-state index in [1.807, 2.05) is 0 Å². The maximum Gasteiger partial charge on any atom is 0.219 e. The number of rotatable bonds is 42. The largest absolute Gasteiger partial charge is 1.00 e. The van der Waals surface area contributed by atoms with E-state index in [-0.39, 0.29) is 45.8 Å². The molecule has 2 amide bonds. The highest BCUT2D eigenvalue weighted by Gasteiger charge is 2.15. The van der Waals surface area contributed by atoms with Crippen molar-refractivity contribution in [2.75, 3.05) is 67.5 Å². The zero-order valence-corrected chi connectivity index (χ0v) is 42.6. The summed E-state index contributed by atoms with van der Waals surface area (Å²) in [4.78, 5) is 24.6. The van der Waals surface area contributed by atoms with Crippen molar-refractivity contribution in [3.63, 3.8) is 0 Å². The van der Waals surface area contributed by atoms with E-state index in [1.165, 1.54) is 148 Å². The van der Waals surface area contributed by atoms with E-state index in [0.29, 0.717) is 12.8 Å². The molecule has 2 N–H and O–H groups in total. The summed E-state index contributed by atoms with van der Waals surface area (Å²) in [5, 5.41) is 6.30. The van der Waals surface area contributed by atoms with Crippen molar-refractivity contribution in [1.29, 1.82) is 0 Å². The van der Waals surface area contributed by atoms with E-state index < -0.39 is 0 Å². The lowest BCUT2D eigenvalue weighted by atomic mass is 10.1. The minimum absolute atomic E-state index is 0. The molecule has 0 heterocycles. The fourth-order valence-electron chi connectivity index (χ4n) is 7.26. The van der Waals surface area contributed by atoms with Gasteiger partial charge in [-0.15, -0.1) is 0 Å². The number of hydrogen-bond acceptors (Lipinski definition) is 2. The zero-order chi connectivity index (χ0) is 41.3. The van der Waals surface area contributed by atoms with Gasteiger partial charge in [0.2, 0.25) is 11.8 Å². The summed E-state index contributed by atoms with van der Waals surface area (Å²) in [6, 6.07) is 0. The Morgan fingerprint density at radius 3 is 0.966 bits per heavy atom. The third-order valence-corrected chi connectivity index (χ3v) is 11.2. The number of allylic oxidation sites excluding steroid dienone is 4. The van der Waals surface area contributed by atoms with Crippen LogP contribution in [-0.4, -0.2) is 88.2 Å². The highest BCUT2D eigenvalue weighted by molar-refractivity contribution is 5.76. The van der Waals surface area contributed by atoms with E-state index in [2.05, 4.69) is 89.1 Å². The van der Waals surface area contributed by atoms with Crippen LogP contribution in [0.1, 0.15) is 206 Å². The van der Waals surface area contributed by atoms with Crippen LogP contribution in [0, 0.1) is 0 Å². The van der Waals surface area contributed by atoms with Gasteiger partial charge in [-0.05, 0) is 76.4 Å². The quantitative estimate of drug-likeness (QED) is 0.0403. The molecule has 0 radical (unpaired) electrons. The molecular formula is C50H98Br2N4O2. The molecule has 0 aliphatic rings. The summed E-state index contributed by atoms with van der Waals surface area (Å²) >= 11 is 0. The minimum atomic E-state index is 0. The average molecular weight is 947 g/mol. The number of nitrogens with zero attached hydrogens (tertiary/aromatic N) is 2. The highest BCUT2D eigenvalue weighted by atomic mass is 79.9. The van der Waals surface area contributed by atoms with Gasteiger partial charge in [-0.3, -0.25) is 9.59 Å². The number of amides is 2. The molecule has 0 saturated heterocycles. The number of quaternary nitrogens is 2. The van der Waals surface area contributed by atoms with Crippen molar-refractivity contribution in [1.82, 2.24) is 10.6 Å². The van der Waals surface area contributed by atoms with E-state index in [4.69, 9.17) is 0 Å². The highest BCUT2D eigenvalue weighted by Crippen LogP contribution is 2.12. The molecule has 58 heavy (non-hydrogen) atoms. The molecular weight excluding hydrogens is 848 g/mol. The van der Waals surface area contributed by atoms with Crippen LogP contribution >= 0.6 is 0 Å². The molecule has 0 rings (SSSR count). The molecule has 0 fully saturated rings. The summed E-state index contributed by atoms with van der Waals surface area (Å²) in [6.07, 6.45) is 50.8. The Morgan fingerprint density at radius 1 is 0.379 bits per heavy atom. The Morgan fingerprint density at radius 2 is 0.655 bits per heavy atom. The van der Waals surface area contributed by atoms with Gasteiger partial charge >= 0.3 is 0 Å². The van der Waals surface area contributed by atoms with Gasteiger partial charge in [0, 0.05) is 38.8 Å². The summed E-state index contributed by atoms with van der Waals surface area (Å²) in [7, 11) is 9.10. The standard InChI is InChI=1S/C50H96N4O2.2BrH/c1-7-9-11-13-15-17-19-21-23-25-27-29-31-33-35-41-49(55)51-43-39-47-53(3,4)45-37-38-46-54(5,6)48-40-44-52-50(56)42-36-34-32-30-28-26-24-22-20-18-16-14-12-10-8-2;;/h19,21-22,24,37-38H,7-18,20,23,25-36,39-48H2,1-6H3;2*1H. The molecule has 0 atom stereocenters. The molecule has 0 aromatic rings. The van der Waals surface area contributed by atoms with E-state index >= 15 is 0 Å². The second-order valence-electron chi connectivity index (χ2n) is 18.2. The Bertz CT molecular complexity index is 983. The van der Waals surface area contributed by atoms with Crippen LogP contribution in [0.15, 0.2) is 36.5 Å². The van der Waals surface area contributed by atoms with Crippen LogP contribution in [0.5, 0.6) is 0 Å². The van der Waals surface area contributed by atoms with Gasteiger partial charge in [-0.25, -0.2) is 0 Å². The lowest BCUT2D eigenvalue weighted by Gasteiger charge is -2.30. The number of carbonyl (C=O) groups is 2. The van der Waals surface area contributed by atoms with Gasteiger partial charge in [0.15, 0.2) is 0 Å². The average Bonchev–Trinajstić information content (AvgIpc) is 3.17. The van der Waals surface area contributed by atoms with Crippen LogP contribution in [0.4, 0.5) is 0 Å². The number of nitrogens with one attached hydrogen (secondary N) is 2. The normalized spacial score (nSPS) is 12.0. The van der Waals surface area contributed by atoms with Crippen molar-refractivity contribution < 1.29 is 52.5 Å². The van der Waals surface area contributed by atoms with Crippen LogP contribution < -0.4 is 44.6 Å². The summed E-state index contributed by atoms with van der Waals surface area (Å²) in [6.45, 7) is 10.2. The van der Waals surface area contributed by atoms with Gasteiger partial charge in [0.05, 0.1) is 54.4 Å². The summed E-state index contributed by atoms with van der Waals surface area (Å²) in [5.41, 5.74) is 0. The fraction of sp³-hybridized carbons (Fsp3) is 0.840. The molecule has 6 nitrogen and oxygen atoms in total. The summed E-state index contributed by atoms with van der Waals surface area (Å²) in [5.74, 6) is 0.430. The first-order chi connectivity index (χ1) is 27.1. The Labute approximate surface area is 383 Å². The van der Waals surface area contributed by atoms with Crippen molar-refractivity contribution in [2.45, 2.75) is 206 Å². The maximum absolute atomic E-state index is 12.3. The number of likely N-dealkylation sites (N-methyl/N-ethyl adjacent to an activating group) is 2. The van der Waals surface area contributed by atoms with E-state index in [1.54, 1.807) is 0 Å². The lowest BCUT2D eigenvalue weighted by Crippen LogP contribution is -3.00. The number of carbonyl (C=O) groups excluding carboxylic acids is 2. The van der Waals surface area contributed by atoms with E-state index in [9.17, 15) is 9.59 Å². The third kappa shape index (κ3) is 47.7. The van der Waals surface area contributed by atoms with Crippen molar-refractivity contribution in [3.05, 3.63) is 36.5 Å². The molecule has 0 aliphatic heterocycles. The molecule has 0 aromatic heterocycles. The van der Waals surface area contributed by atoms with Gasteiger partial charge in [-0.1, -0.05) is 141 Å². The topological polar surface area (TPSA) is 58.2 Å². The molecule has 344 valence electrons. The fourth-order valence-corrected chi connectivity index (χ4v) is 7.26. The molecule has 0 unspecified atom stereocenters. The molecule has 0 saturated carbocycles. The van der Waals surface area contributed by atoms with Crippen molar-refractivity contribution in [2.24, 2.45) is 0 Å². The van der Waals surface area contributed by atoms with Gasteiger partial charge in [0.25, 0.3) is 0 Å². The maximum atomic E-state index is 12.3. The zero-order valence-electron chi connectivity index (χ0n) is 39.4. The Hall–Kier alpha value is -0.960. The Kier molecular flexibility index (Phi) is 48.2. The summed E-state index contributed by atoms with van der Waals surface area (Å²) < 4.78 is 1.86. The SMILES string of the molecule is CCCCCCCC=CCCCCCCCCC(=O)NCCC[N+](C)(C)CC=CC[N+](C)(C)CCCNC(=O)CCCCCCCC=CCCCCCCCC.[Br-].[Br-]. The van der Waals surface area contributed by atoms with Gasteiger partial charge < -0.3 is 53.6 Å². The first-order valence-electron chi connectivity index (χ1n) is 24.2. The second kappa shape index (κ2) is 45.6. The monoisotopic (exact) mass is 945 g/mol. The first-order valence-corrected chi connectivity index (χ1v) is 24.2. The van der Waals surface area contributed by atoms with Gasteiger partial charge in [0.1, 0.15) is 0 Å². The number of halogens is 2. The smallest absolute Gasteiger partial charge is 0.219 e. The van der Waals surface area contributed by atoms with Crippen molar-refractivity contribution in [3.8, 4) is 0 Å². The second-order valence-corrected chi connectivity index (χ2v) is 18.2. The first kappa shape index (κ1) is 61.3. The van der Waals surface area contributed by atoms with E-state index in [0.717, 1.165) is 80.3 Å². The molecule has 0 aliphatic carbocycles. The van der Waals surface area contributed by atoms with Crippen molar-refractivity contribution >= 4 is 11.8 Å². The number of unbranched alkanes of at least 4 members (excludes halogenated alkanes) is 22. The Balaban J connectivity index is -0.0000151. The minimum Gasteiger partial charge on any atom is -1.00 e.